The van der Waals surface area contributed by atoms with E-state index >= 15 is 0 Å². The van der Waals surface area contributed by atoms with Crippen LogP contribution in [0.2, 0.25) is 0 Å². The molecule has 196 valence electrons. The van der Waals surface area contributed by atoms with Crippen LogP contribution in [0.4, 0.5) is 5.69 Å². The summed E-state index contributed by atoms with van der Waals surface area (Å²) < 4.78 is 28.8. The molecule has 1 amide bonds. The third-order valence-corrected chi connectivity index (χ3v) is 7.40. The van der Waals surface area contributed by atoms with Crippen molar-refractivity contribution in [1.82, 2.24) is 9.71 Å². The van der Waals surface area contributed by atoms with Crippen LogP contribution < -0.4 is 10.0 Å². The highest BCUT2D eigenvalue weighted by molar-refractivity contribution is 7.89. The van der Waals surface area contributed by atoms with E-state index in [1.54, 1.807) is 118 Å². The normalized spacial score (nSPS) is 12.0. The minimum Gasteiger partial charge on any atom is -0.322 e. The van der Waals surface area contributed by atoms with Gasteiger partial charge < -0.3 is 5.32 Å². The third-order valence-electron chi connectivity index (χ3n) is 5.58. The van der Waals surface area contributed by atoms with E-state index in [2.05, 4.69) is 21.1 Å². The van der Waals surface area contributed by atoms with Gasteiger partial charge in [0.15, 0.2) is 0 Å². The molecule has 39 heavy (non-hydrogen) atoms. The van der Waals surface area contributed by atoms with Gasteiger partial charge in [-0.1, -0.05) is 48.5 Å². The summed E-state index contributed by atoms with van der Waals surface area (Å²) in [5, 5.41) is 12.1. The molecule has 0 spiro atoms. The fourth-order valence-electron chi connectivity index (χ4n) is 3.97. The topological polar surface area (TPSA) is 112 Å². The number of amides is 1. The van der Waals surface area contributed by atoms with Crippen molar-refractivity contribution in [2.45, 2.75) is 31.2 Å². The molecule has 0 atom stereocenters. The van der Waals surface area contributed by atoms with E-state index in [1.165, 1.54) is 0 Å². The molecule has 0 radical (unpaired) electrons. The molecule has 8 heteroatoms. The molecule has 2 N–H and O–H groups in total. The van der Waals surface area contributed by atoms with Gasteiger partial charge in [0, 0.05) is 23.0 Å². The lowest BCUT2D eigenvalue weighted by Crippen LogP contribution is -2.40. The van der Waals surface area contributed by atoms with Gasteiger partial charge in [0.1, 0.15) is 0 Å². The van der Waals surface area contributed by atoms with Crippen molar-refractivity contribution < 1.29 is 13.2 Å². The Morgan fingerprint density at radius 3 is 2.31 bits per heavy atom. The van der Waals surface area contributed by atoms with Gasteiger partial charge in [-0.25, -0.2) is 13.1 Å². The first-order valence-electron chi connectivity index (χ1n) is 12.2. The largest absolute Gasteiger partial charge is 0.322 e. The van der Waals surface area contributed by atoms with Crippen LogP contribution in [0.15, 0.2) is 102 Å². The Morgan fingerprint density at radius 1 is 0.923 bits per heavy atom. The second-order valence-electron chi connectivity index (χ2n) is 9.89. The SMILES string of the molecule is CC(C)(C)NS(=O)(=O)c1ccccc1-c1ccc(NC(=O)/C(=C\c2cccc(C#N)c2)c2ccccn2)cc1. The molecule has 4 aromatic rings. The van der Waals surface area contributed by atoms with Gasteiger partial charge >= 0.3 is 0 Å². The van der Waals surface area contributed by atoms with Crippen LogP contribution in [0.3, 0.4) is 0 Å². The molecular formula is C31H28N4O3S. The van der Waals surface area contributed by atoms with Gasteiger partial charge in [-0.05, 0) is 80.4 Å². The molecule has 7 nitrogen and oxygen atoms in total. The maximum atomic E-state index is 13.4. The Hall–Kier alpha value is -4.58. The third kappa shape index (κ3) is 7.05. The quantitative estimate of drug-likeness (QED) is 0.287. The average Bonchev–Trinajstić information content (AvgIpc) is 2.91. The molecule has 0 aliphatic rings. The summed E-state index contributed by atoms with van der Waals surface area (Å²) in [5.74, 6) is -0.374. The van der Waals surface area contributed by atoms with Crippen molar-refractivity contribution in [2.75, 3.05) is 5.32 Å². The monoisotopic (exact) mass is 536 g/mol. The van der Waals surface area contributed by atoms with Crippen molar-refractivity contribution in [3.63, 3.8) is 0 Å². The van der Waals surface area contributed by atoms with Gasteiger partial charge in [-0.15, -0.1) is 0 Å². The van der Waals surface area contributed by atoms with E-state index in [0.717, 1.165) is 0 Å². The van der Waals surface area contributed by atoms with Crippen LogP contribution in [0.1, 0.15) is 37.6 Å². The zero-order valence-corrected chi connectivity index (χ0v) is 22.7. The number of aromatic nitrogens is 1. The molecule has 0 saturated heterocycles. The Labute approximate surface area is 228 Å². The van der Waals surface area contributed by atoms with Crippen LogP contribution in [-0.2, 0) is 14.8 Å². The first kappa shape index (κ1) is 27.5. The maximum Gasteiger partial charge on any atom is 0.257 e. The highest BCUT2D eigenvalue weighted by Crippen LogP contribution is 2.29. The van der Waals surface area contributed by atoms with Crippen LogP contribution >= 0.6 is 0 Å². The molecular weight excluding hydrogens is 508 g/mol. The maximum absolute atomic E-state index is 13.4. The first-order valence-corrected chi connectivity index (χ1v) is 13.7. The van der Waals surface area contributed by atoms with Gasteiger partial charge in [0.2, 0.25) is 10.0 Å². The van der Waals surface area contributed by atoms with Crippen molar-refractivity contribution >= 4 is 33.3 Å². The summed E-state index contributed by atoms with van der Waals surface area (Å²) in [6.45, 7) is 5.37. The van der Waals surface area contributed by atoms with Crippen LogP contribution in [0.25, 0.3) is 22.8 Å². The lowest BCUT2D eigenvalue weighted by molar-refractivity contribution is -0.111. The summed E-state index contributed by atoms with van der Waals surface area (Å²) in [6, 6.07) is 28.1. The van der Waals surface area contributed by atoms with Crippen molar-refractivity contribution in [1.29, 1.82) is 5.26 Å². The standard InChI is InChI=1S/C31H28N4O3S/c1-31(2,3)35-39(37,38)29-13-5-4-11-26(29)24-14-16-25(17-15-24)34-30(36)27(28-12-6-7-18-33-28)20-22-9-8-10-23(19-22)21-32/h4-20,35H,1-3H3,(H,34,36)/b27-20-. The summed E-state index contributed by atoms with van der Waals surface area (Å²) in [6.07, 6.45) is 3.30. The van der Waals surface area contributed by atoms with Gasteiger partial charge in [0.05, 0.1) is 27.8 Å². The minimum absolute atomic E-state index is 0.177. The Bertz CT molecular complexity index is 1670. The van der Waals surface area contributed by atoms with Gasteiger partial charge in [0.25, 0.3) is 5.91 Å². The zero-order chi connectivity index (χ0) is 28.0. The molecule has 1 heterocycles. The number of rotatable bonds is 7. The molecule has 3 aromatic carbocycles. The molecule has 1 aromatic heterocycles. The number of hydrogen-bond acceptors (Lipinski definition) is 5. The van der Waals surface area contributed by atoms with E-state index in [4.69, 9.17) is 0 Å². The predicted octanol–water partition coefficient (Wildman–Crippen LogP) is 5.88. The minimum atomic E-state index is -3.76. The fourth-order valence-corrected chi connectivity index (χ4v) is 5.62. The van der Waals surface area contributed by atoms with E-state index in [1.807, 2.05) is 6.07 Å². The number of benzene rings is 3. The molecule has 0 aliphatic carbocycles. The lowest BCUT2D eigenvalue weighted by atomic mass is 10.0. The smallest absolute Gasteiger partial charge is 0.257 e. The van der Waals surface area contributed by atoms with Crippen LogP contribution in [0, 0.1) is 11.3 Å². The summed E-state index contributed by atoms with van der Waals surface area (Å²) in [4.78, 5) is 17.9. The molecule has 0 unspecified atom stereocenters. The van der Waals surface area contributed by atoms with E-state index in [9.17, 15) is 18.5 Å². The van der Waals surface area contributed by atoms with Crippen molar-refractivity contribution in [3.05, 3.63) is 114 Å². The van der Waals surface area contributed by atoms with Crippen LogP contribution in [0.5, 0.6) is 0 Å². The van der Waals surface area contributed by atoms with Gasteiger partial charge in [-0.3, -0.25) is 9.78 Å². The summed E-state index contributed by atoms with van der Waals surface area (Å²) in [5.41, 5.74) is 3.15. The predicted molar refractivity (Wildman–Crippen MR) is 154 cm³/mol. The highest BCUT2D eigenvalue weighted by atomic mass is 32.2. The average molecular weight is 537 g/mol. The molecule has 0 saturated carbocycles. The zero-order valence-electron chi connectivity index (χ0n) is 21.8. The molecule has 4 rings (SSSR count). The number of sulfonamides is 1. The number of hydrogen-bond donors (Lipinski definition) is 2. The van der Waals surface area contributed by atoms with E-state index in [-0.39, 0.29) is 10.8 Å². The fraction of sp³-hybridized carbons (Fsp3) is 0.129. The summed E-state index contributed by atoms with van der Waals surface area (Å²) >= 11 is 0. The van der Waals surface area contributed by atoms with E-state index < -0.39 is 15.6 Å². The van der Waals surface area contributed by atoms with Crippen LogP contribution in [-0.4, -0.2) is 24.8 Å². The highest BCUT2D eigenvalue weighted by Gasteiger charge is 2.24. The number of nitriles is 1. The second kappa shape index (κ2) is 11.4. The van der Waals surface area contributed by atoms with E-state index in [0.29, 0.717) is 39.2 Å². The Morgan fingerprint density at radius 2 is 1.64 bits per heavy atom. The molecule has 0 fully saturated rings. The molecule has 0 bridgehead atoms. The number of anilines is 1. The molecule has 0 aliphatic heterocycles. The first-order chi connectivity index (χ1) is 18.6. The van der Waals surface area contributed by atoms with Crippen molar-refractivity contribution in [3.8, 4) is 17.2 Å². The number of carbonyl (C=O) groups excluding carboxylic acids is 1. The summed E-state index contributed by atoms with van der Waals surface area (Å²) in [7, 11) is -3.76. The number of carbonyl (C=O) groups is 1. The number of pyridine rings is 1. The van der Waals surface area contributed by atoms with Crippen molar-refractivity contribution in [2.24, 2.45) is 0 Å². The second-order valence-corrected chi connectivity index (χ2v) is 11.5. The lowest BCUT2D eigenvalue weighted by Gasteiger charge is -2.21. The Kier molecular flexibility index (Phi) is 8.05. The number of nitrogens with zero attached hydrogens (tertiary/aromatic N) is 2. The van der Waals surface area contributed by atoms with Gasteiger partial charge in [-0.2, -0.15) is 5.26 Å². The number of nitrogens with one attached hydrogen (secondary N) is 2. The Balaban J connectivity index is 1.63.